The van der Waals surface area contributed by atoms with Crippen molar-refractivity contribution in [3.63, 3.8) is 0 Å². The summed E-state index contributed by atoms with van der Waals surface area (Å²) < 4.78 is 5.32. The van der Waals surface area contributed by atoms with E-state index in [1.807, 2.05) is 36.9 Å². The average molecular weight is 262 g/mol. The van der Waals surface area contributed by atoms with Crippen molar-refractivity contribution in [2.24, 2.45) is 0 Å². The van der Waals surface area contributed by atoms with Crippen LogP contribution in [0, 0.1) is 6.92 Å². The lowest BCUT2D eigenvalue weighted by molar-refractivity contribution is -0.130. The minimum absolute atomic E-state index is 0.168. The number of nitrogens with one attached hydrogen (secondary N) is 1. The standard InChI is InChI=1S/C15H22N2O2/c1-11-6-7-14(19-3)13(10-11)16-12(2)15(18)17-8-4-5-9-17/h6-7,10,12,16H,4-5,8-9H2,1-3H3. The van der Waals surface area contributed by atoms with Crippen molar-refractivity contribution in [3.05, 3.63) is 23.8 Å². The second-order valence-electron chi connectivity index (χ2n) is 5.10. The predicted octanol–water partition coefficient (Wildman–Crippen LogP) is 2.43. The van der Waals surface area contributed by atoms with Crippen molar-refractivity contribution in [2.75, 3.05) is 25.5 Å². The summed E-state index contributed by atoms with van der Waals surface area (Å²) in [4.78, 5) is 14.2. The number of aryl methyl sites for hydroxylation is 1. The van der Waals surface area contributed by atoms with Crippen LogP contribution in [-0.2, 0) is 4.79 Å². The van der Waals surface area contributed by atoms with Gasteiger partial charge in [-0.2, -0.15) is 0 Å². The topological polar surface area (TPSA) is 41.6 Å². The first-order chi connectivity index (χ1) is 9.11. The molecule has 0 saturated carbocycles. The number of anilines is 1. The van der Waals surface area contributed by atoms with E-state index in [0.29, 0.717) is 0 Å². The van der Waals surface area contributed by atoms with Crippen LogP contribution in [-0.4, -0.2) is 37.0 Å². The van der Waals surface area contributed by atoms with Gasteiger partial charge in [0.2, 0.25) is 5.91 Å². The minimum atomic E-state index is -0.228. The molecule has 1 aliphatic heterocycles. The van der Waals surface area contributed by atoms with Gasteiger partial charge in [-0.05, 0) is 44.4 Å². The molecule has 1 atom stereocenters. The van der Waals surface area contributed by atoms with Gasteiger partial charge in [0.15, 0.2) is 0 Å². The van der Waals surface area contributed by atoms with Crippen LogP contribution in [0.3, 0.4) is 0 Å². The number of methoxy groups -OCH3 is 1. The summed E-state index contributed by atoms with van der Waals surface area (Å²) in [7, 11) is 1.64. The third-order valence-electron chi connectivity index (χ3n) is 3.52. The number of rotatable bonds is 4. The van der Waals surface area contributed by atoms with Crippen LogP contribution in [0.25, 0.3) is 0 Å². The molecule has 2 rings (SSSR count). The molecule has 0 aromatic heterocycles. The molecule has 1 aromatic carbocycles. The van der Waals surface area contributed by atoms with Crippen LogP contribution in [0.15, 0.2) is 18.2 Å². The van der Waals surface area contributed by atoms with Gasteiger partial charge in [-0.25, -0.2) is 0 Å². The van der Waals surface area contributed by atoms with Gasteiger partial charge in [-0.1, -0.05) is 6.07 Å². The Labute approximate surface area is 114 Å². The second-order valence-corrected chi connectivity index (χ2v) is 5.10. The van der Waals surface area contributed by atoms with E-state index in [0.717, 1.165) is 42.9 Å². The third-order valence-corrected chi connectivity index (χ3v) is 3.52. The highest BCUT2D eigenvalue weighted by Gasteiger charge is 2.23. The molecule has 1 heterocycles. The first-order valence-electron chi connectivity index (χ1n) is 6.82. The van der Waals surface area contributed by atoms with E-state index in [1.54, 1.807) is 7.11 Å². The molecular formula is C15H22N2O2. The zero-order valence-electron chi connectivity index (χ0n) is 11.9. The molecular weight excluding hydrogens is 240 g/mol. The Morgan fingerprint density at radius 1 is 1.37 bits per heavy atom. The summed E-state index contributed by atoms with van der Waals surface area (Å²) in [5.41, 5.74) is 2.02. The van der Waals surface area contributed by atoms with Crippen molar-refractivity contribution >= 4 is 11.6 Å². The SMILES string of the molecule is COc1ccc(C)cc1NC(C)C(=O)N1CCCC1. The van der Waals surface area contributed by atoms with Gasteiger partial charge >= 0.3 is 0 Å². The molecule has 0 aliphatic carbocycles. The van der Waals surface area contributed by atoms with Gasteiger partial charge in [0.05, 0.1) is 12.8 Å². The molecule has 4 nitrogen and oxygen atoms in total. The van der Waals surface area contributed by atoms with Crippen LogP contribution in [0.2, 0.25) is 0 Å². The molecule has 0 spiro atoms. The molecule has 1 aliphatic rings. The van der Waals surface area contributed by atoms with Crippen LogP contribution >= 0.6 is 0 Å². The quantitative estimate of drug-likeness (QED) is 0.906. The summed E-state index contributed by atoms with van der Waals surface area (Å²) in [6, 6.07) is 5.70. The van der Waals surface area contributed by atoms with Gasteiger partial charge in [0.1, 0.15) is 11.8 Å². The lowest BCUT2D eigenvalue weighted by Crippen LogP contribution is -2.39. The van der Waals surface area contributed by atoms with Crippen LogP contribution < -0.4 is 10.1 Å². The van der Waals surface area contributed by atoms with Gasteiger partial charge in [-0.15, -0.1) is 0 Å². The van der Waals surface area contributed by atoms with Crippen molar-refractivity contribution in [1.29, 1.82) is 0 Å². The maximum atomic E-state index is 12.3. The molecule has 19 heavy (non-hydrogen) atoms. The van der Waals surface area contributed by atoms with Gasteiger partial charge in [-0.3, -0.25) is 4.79 Å². The Balaban J connectivity index is 2.07. The monoisotopic (exact) mass is 262 g/mol. The number of likely N-dealkylation sites (tertiary alicyclic amines) is 1. The zero-order valence-corrected chi connectivity index (χ0v) is 11.9. The fourth-order valence-corrected chi connectivity index (χ4v) is 2.44. The van der Waals surface area contributed by atoms with E-state index in [1.165, 1.54) is 0 Å². The maximum absolute atomic E-state index is 12.3. The van der Waals surface area contributed by atoms with Gasteiger partial charge in [0.25, 0.3) is 0 Å². The molecule has 0 bridgehead atoms. The number of hydrogen-bond donors (Lipinski definition) is 1. The van der Waals surface area contributed by atoms with Gasteiger partial charge in [0, 0.05) is 13.1 Å². The summed E-state index contributed by atoms with van der Waals surface area (Å²) in [5.74, 6) is 0.938. The molecule has 1 unspecified atom stereocenters. The average Bonchev–Trinajstić information content (AvgIpc) is 2.92. The van der Waals surface area contributed by atoms with E-state index in [4.69, 9.17) is 4.74 Å². The Bertz CT molecular complexity index is 453. The largest absolute Gasteiger partial charge is 0.495 e. The lowest BCUT2D eigenvalue weighted by Gasteiger charge is -2.23. The van der Waals surface area contributed by atoms with Crippen LogP contribution in [0.5, 0.6) is 5.75 Å². The molecule has 1 saturated heterocycles. The number of carbonyl (C=O) groups is 1. The Kier molecular flexibility index (Phi) is 4.30. The first-order valence-corrected chi connectivity index (χ1v) is 6.82. The fourth-order valence-electron chi connectivity index (χ4n) is 2.44. The van der Waals surface area contributed by atoms with E-state index >= 15 is 0 Å². The second kappa shape index (κ2) is 5.95. The fraction of sp³-hybridized carbons (Fsp3) is 0.533. The number of nitrogens with zero attached hydrogens (tertiary/aromatic N) is 1. The summed E-state index contributed by atoms with van der Waals surface area (Å²) in [5, 5.41) is 3.26. The van der Waals surface area contributed by atoms with E-state index < -0.39 is 0 Å². The normalized spacial score (nSPS) is 16.3. The highest BCUT2D eigenvalue weighted by atomic mass is 16.5. The highest BCUT2D eigenvalue weighted by Crippen LogP contribution is 2.26. The molecule has 1 aromatic rings. The third kappa shape index (κ3) is 3.19. The number of ether oxygens (including phenoxy) is 1. The smallest absolute Gasteiger partial charge is 0.244 e. The van der Waals surface area contributed by atoms with E-state index in [-0.39, 0.29) is 11.9 Å². The van der Waals surface area contributed by atoms with E-state index in [2.05, 4.69) is 5.32 Å². The zero-order chi connectivity index (χ0) is 13.8. The van der Waals surface area contributed by atoms with Crippen LogP contribution in [0.1, 0.15) is 25.3 Å². The summed E-state index contributed by atoms with van der Waals surface area (Å²) in [6.07, 6.45) is 2.23. The maximum Gasteiger partial charge on any atom is 0.244 e. The number of hydrogen-bond acceptors (Lipinski definition) is 3. The molecule has 1 N–H and O–H groups in total. The molecule has 1 amide bonds. The molecule has 0 radical (unpaired) electrons. The summed E-state index contributed by atoms with van der Waals surface area (Å²) in [6.45, 7) is 5.70. The van der Waals surface area contributed by atoms with Crippen LogP contribution in [0.4, 0.5) is 5.69 Å². The van der Waals surface area contributed by atoms with Crippen molar-refractivity contribution < 1.29 is 9.53 Å². The van der Waals surface area contributed by atoms with Crippen molar-refractivity contribution in [1.82, 2.24) is 4.90 Å². The number of carbonyl (C=O) groups excluding carboxylic acids is 1. The molecule has 104 valence electrons. The lowest BCUT2D eigenvalue weighted by atomic mass is 10.2. The first kappa shape index (κ1) is 13.7. The highest BCUT2D eigenvalue weighted by molar-refractivity contribution is 5.85. The Morgan fingerprint density at radius 2 is 2.05 bits per heavy atom. The number of amides is 1. The van der Waals surface area contributed by atoms with Crippen molar-refractivity contribution in [3.8, 4) is 5.75 Å². The minimum Gasteiger partial charge on any atom is -0.495 e. The predicted molar refractivity (Wildman–Crippen MR) is 76.6 cm³/mol. The van der Waals surface area contributed by atoms with Gasteiger partial charge < -0.3 is 15.0 Å². The molecule has 1 fully saturated rings. The molecule has 4 heteroatoms. The Morgan fingerprint density at radius 3 is 2.68 bits per heavy atom. The summed E-state index contributed by atoms with van der Waals surface area (Å²) >= 11 is 0. The van der Waals surface area contributed by atoms with E-state index in [9.17, 15) is 4.79 Å². The van der Waals surface area contributed by atoms with Crippen molar-refractivity contribution in [2.45, 2.75) is 32.7 Å². The number of benzene rings is 1. The Hall–Kier alpha value is -1.71.